The number of rotatable bonds is 7. The Hall–Kier alpha value is -1.73. The molecule has 0 saturated heterocycles. The van der Waals surface area contributed by atoms with Crippen LogP contribution in [0.15, 0.2) is 47.8 Å². The summed E-state index contributed by atoms with van der Waals surface area (Å²) in [6.07, 6.45) is 2.72. The van der Waals surface area contributed by atoms with Crippen LogP contribution in [0.2, 0.25) is 0 Å². The van der Waals surface area contributed by atoms with Crippen LogP contribution in [0.3, 0.4) is 0 Å². The molecule has 1 aliphatic rings. The molecule has 0 radical (unpaired) electrons. The molecule has 0 spiro atoms. The lowest BCUT2D eigenvalue weighted by atomic mass is 10.2. The summed E-state index contributed by atoms with van der Waals surface area (Å²) in [4.78, 5) is 19.4. The molecule has 142 valence electrons. The number of hydrogen-bond donors (Lipinski definition) is 2. The van der Waals surface area contributed by atoms with E-state index in [0.29, 0.717) is 18.9 Å². The molecule has 7 heteroatoms. The summed E-state index contributed by atoms with van der Waals surface area (Å²) in [6, 6.07) is 14.3. The Bertz CT molecular complexity index is 876. The van der Waals surface area contributed by atoms with E-state index >= 15 is 0 Å². The van der Waals surface area contributed by atoms with Crippen molar-refractivity contribution in [3.8, 4) is 21.1 Å². The van der Waals surface area contributed by atoms with Gasteiger partial charge in [-0.15, -0.1) is 35.1 Å². The Kier molecular flexibility index (Phi) is 6.65. The van der Waals surface area contributed by atoms with Crippen molar-refractivity contribution in [2.75, 3.05) is 6.54 Å². The average Bonchev–Trinajstić information content (AvgIpc) is 3.21. The van der Waals surface area contributed by atoms with Crippen LogP contribution in [-0.2, 0) is 11.2 Å². The highest BCUT2D eigenvalue weighted by molar-refractivity contribution is 7.17. The standard InChI is InChI=1S/C20H21N3OS2.ClH/c21-15(13-8-9-13)12-22-18(24)11-17-19(16-7-4-10-25-16)23-20(26-17)14-5-2-1-3-6-14;/h1-7,10,13,15H,8-9,11-12,21H2,(H,22,24);1H. The van der Waals surface area contributed by atoms with Crippen LogP contribution in [0.25, 0.3) is 21.1 Å². The van der Waals surface area contributed by atoms with Crippen molar-refractivity contribution in [1.82, 2.24) is 10.3 Å². The molecule has 3 aromatic rings. The molecule has 1 atom stereocenters. The Labute approximate surface area is 173 Å². The second kappa shape index (κ2) is 8.97. The molecule has 1 fully saturated rings. The number of benzene rings is 1. The minimum atomic E-state index is 0. The van der Waals surface area contributed by atoms with E-state index in [4.69, 9.17) is 10.7 Å². The fraction of sp³-hybridized carbons (Fsp3) is 0.300. The molecule has 1 saturated carbocycles. The number of thiazole rings is 1. The summed E-state index contributed by atoms with van der Waals surface area (Å²) in [5.74, 6) is 0.604. The van der Waals surface area contributed by atoms with Crippen molar-refractivity contribution in [2.24, 2.45) is 11.7 Å². The number of carbonyl (C=O) groups excluding carboxylic acids is 1. The Morgan fingerprint density at radius 3 is 2.67 bits per heavy atom. The summed E-state index contributed by atoms with van der Waals surface area (Å²) < 4.78 is 0. The molecule has 1 aliphatic carbocycles. The van der Waals surface area contributed by atoms with E-state index in [1.807, 2.05) is 29.6 Å². The number of nitrogens with zero attached hydrogens (tertiary/aromatic N) is 1. The Morgan fingerprint density at radius 2 is 2.00 bits per heavy atom. The van der Waals surface area contributed by atoms with Crippen LogP contribution in [0, 0.1) is 5.92 Å². The number of thiophene rings is 1. The molecule has 2 heterocycles. The first-order valence-electron chi connectivity index (χ1n) is 8.82. The Balaban J connectivity index is 0.00000210. The van der Waals surface area contributed by atoms with Crippen LogP contribution >= 0.6 is 35.1 Å². The van der Waals surface area contributed by atoms with Crippen molar-refractivity contribution in [3.63, 3.8) is 0 Å². The number of amides is 1. The summed E-state index contributed by atoms with van der Waals surface area (Å²) in [5, 5.41) is 5.98. The molecule has 4 rings (SSSR count). The maximum absolute atomic E-state index is 12.4. The zero-order valence-corrected chi connectivity index (χ0v) is 17.2. The highest BCUT2D eigenvalue weighted by Crippen LogP contribution is 2.36. The van der Waals surface area contributed by atoms with E-state index in [1.165, 1.54) is 12.8 Å². The lowest BCUT2D eigenvalue weighted by Gasteiger charge is -2.11. The van der Waals surface area contributed by atoms with Crippen LogP contribution in [0.1, 0.15) is 17.7 Å². The van der Waals surface area contributed by atoms with Gasteiger partial charge in [-0.3, -0.25) is 4.79 Å². The van der Waals surface area contributed by atoms with Gasteiger partial charge in [-0.05, 0) is 30.2 Å². The number of hydrogen-bond acceptors (Lipinski definition) is 5. The third kappa shape index (κ3) is 4.96. The molecule has 1 amide bonds. The molecule has 0 bridgehead atoms. The quantitative estimate of drug-likeness (QED) is 0.598. The van der Waals surface area contributed by atoms with Crippen LogP contribution < -0.4 is 11.1 Å². The number of nitrogens with two attached hydrogens (primary N) is 1. The predicted molar refractivity (Wildman–Crippen MR) is 116 cm³/mol. The van der Waals surface area contributed by atoms with Gasteiger partial charge in [0.15, 0.2) is 0 Å². The van der Waals surface area contributed by atoms with Crippen molar-refractivity contribution >= 4 is 41.0 Å². The van der Waals surface area contributed by atoms with Gasteiger partial charge in [-0.25, -0.2) is 4.98 Å². The van der Waals surface area contributed by atoms with Crippen molar-refractivity contribution < 1.29 is 4.79 Å². The van der Waals surface area contributed by atoms with E-state index in [9.17, 15) is 4.79 Å². The van der Waals surface area contributed by atoms with Gasteiger partial charge < -0.3 is 11.1 Å². The minimum absolute atomic E-state index is 0. The summed E-state index contributed by atoms with van der Waals surface area (Å²) in [5.41, 5.74) is 8.09. The van der Waals surface area contributed by atoms with Gasteiger partial charge >= 0.3 is 0 Å². The number of halogens is 1. The van der Waals surface area contributed by atoms with E-state index in [1.54, 1.807) is 22.7 Å². The van der Waals surface area contributed by atoms with Gasteiger partial charge in [0, 0.05) is 23.0 Å². The Morgan fingerprint density at radius 1 is 1.22 bits per heavy atom. The minimum Gasteiger partial charge on any atom is -0.354 e. The highest BCUT2D eigenvalue weighted by Gasteiger charge is 2.28. The fourth-order valence-corrected chi connectivity index (χ4v) is 4.80. The van der Waals surface area contributed by atoms with Gasteiger partial charge in [0.1, 0.15) is 5.01 Å². The van der Waals surface area contributed by atoms with Crippen LogP contribution in [0.5, 0.6) is 0 Å². The van der Waals surface area contributed by atoms with Crippen molar-refractivity contribution in [2.45, 2.75) is 25.3 Å². The SMILES string of the molecule is Cl.NC(CNC(=O)Cc1sc(-c2ccccc2)nc1-c1cccs1)C1CC1. The summed E-state index contributed by atoms with van der Waals surface area (Å²) >= 11 is 3.24. The van der Waals surface area contributed by atoms with Crippen molar-refractivity contribution in [1.29, 1.82) is 0 Å². The van der Waals surface area contributed by atoms with E-state index < -0.39 is 0 Å². The van der Waals surface area contributed by atoms with E-state index in [-0.39, 0.29) is 24.4 Å². The van der Waals surface area contributed by atoms with Gasteiger partial charge in [0.25, 0.3) is 0 Å². The van der Waals surface area contributed by atoms with Crippen LogP contribution in [0.4, 0.5) is 0 Å². The van der Waals surface area contributed by atoms with Crippen molar-refractivity contribution in [3.05, 3.63) is 52.7 Å². The molecule has 1 unspecified atom stereocenters. The maximum Gasteiger partial charge on any atom is 0.225 e. The monoisotopic (exact) mass is 419 g/mol. The molecular weight excluding hydrogens is 398 g/mol. The summed E-state index contributed by atoms with van der Waals surface area (Å²) in [6.45, 7) is 0.558. The molecule has 3 N–H and O–H groups in total. The molecule has 1 aromatic carbocycles. The number of nitrogens with one attached hydrogen (secondary N) is 1. The summed E-state index contributed by atoms with van der Waals surface area (Å²) in [7, 11) is 0. The second-order valence-electron chi connectivity index (χ2n) is 6.62. The van der Waals surface area contributed by atoms with Gasteiger partial charge in [-0.1, -0.05) is 36.4 Å². The van der Waals surface area contributed by atoms with Gasteiger partial charge in [0.2, 0.25) is 5.91 Å². The van der Waals surface area contributed by atoms with Crippen LogP contribution in [-0.4, -0.2) is 23.5 Å². The average molecular weight is 420 g/mol. The van der Waals surface area contributed by atoms with Gasteiger partial charge in [-0.2, -0.15) is 0 Å². The first-order chi connectivity index (χ1) is 12.7. The number of aromatic nitrogens is 1. The fourth-order valence-electron chi connectivity index (χ4n) is 2.91. The van der Waals surface area contributed by atoms with Gasteiger partial charge in [0.05, 0.1) is 17.0 Å². The third-order valence-electron chi connectivity index (χ3n) is 4.56. The lowest BCUT2D eigenvalue weighted by Crippen LogP contribution is -2.39. The first-order valence-corrected chi connectivity index (χ1v) is 10.5. The molecule has 0 aliphatic heterocycles. The molecule has 2 aromatic heterocycles. The molecular formula is C20H22ClN3OS2. The molecule has 27 heavy (non-hydrogen) atoms. The van der Waals surface area contributed by atoms with E-state index in [2.05, 4.69) is 23.5 Å². The second-order valence-corrected chi connectivity index (χ2v) is 8.65. The third-order valence-corrected chi connectivity index (χ3v) is 6.54. The highest BCUT2D eigenvalue weighted by atomic mass is 35.5. The predicted octanol–water partition coefficient (Wildman–Crippen LogP) is 4.36. The topological polar surface area (TPSA) is 68.0 Å². The first kappa shape index (κ1) is 20.0. The largest absolute Gasteiger partial charge is 0.354 e. The zero-order valence-electron chi connectivity index (χ0n) is 14.8. The number of carbonyl (C=O) groups is 1. The zero-order chi connectivity index (χ0) is 17.9. The maximum atomic E-state index is 12.4. The molecule has 4 nitrogen and oxygen atoms in total. The smallest absolute Gasteiger partial charge is 0.225 e. The normalized spacial score (nSPS) is 14.4. The van der Waals surface area contributed by atoms with E-state index in [0.717, 1.165) is 26.0 Å². The lowest BCUT2D eigenvalue weighted by molar-refractivity contribution is -0.120.